The maximum Gasteiger partial charge on any atom is 0.268 e. The molecular formula is C21H20F2N2O3S. The van der Waals surface area contributed by atoms with Crippen LogP contribution in [0.25, 0.3) is 0 Å². The summed E-state index contributed by atoms with van der Waals surface area (Å²) in [6, 6.07) is 9.12. The molecule has 2 amide bonds. The van der Waals surface area contributed by atoms with E-state index in [2.05, 4.69) is 0 Å². The smallest absolute Gasteiger partial charge is 0.268 e. The van der Waals surface area contributed by atoms with Gasteiger partial charge in [-0.15, -0.1) is 11.8 Å². The summed E-state index contributed by atoms with van der Waals surface area (Å²) in [5, 5.41) is 0. The molecule has 0 radical (unpaired) electrons. The molecule has 0 bridgehead atoms. The van der Waals surface area contributed by atoms with Crippen molar-refractivity contribution in [3.63, 3.8) is 0 Å². The van der Waals surface area contributed by atoms with E-state index in [-0.39, 0.29) is 30.5 Å². The van der Waals surface area contributed by atoms with Gasteiger partial charge in [0.2, 0.25) is 5.91 Å². The van der Waals surface area contributed by atoms with Crippen molar-refractivity contribution < 1.29 is 23.1 Å². The summed E-state index contributed by atoms with van der Waals surface area (Å²) in [7, 11) is 1.43. The van der Waals surface area contributed by atoms with Gasteiger partial charge >= 0.3 is 0 Å². The highest BCUT2D eigenvalue weighted by atomic mass is 32.2. The lowest BCUT2D eigenvalue weighted by molar-refractivity contribution is -0.143. The molecule has 29 heavy (non-hydrogen) atoms. The van der Waals surface area contributed by atoms with Gasteiger partial charge in [-0.2, -0.15) is 0 Å². The van der Waals surface area contributed by atoms with Crippen molar-refractivity contribution in [3.05, 3.63) is 64.7 Å². The van der Waals surface area contributed by atoms with E-state index in [1.807, 2.05) is 19.1 Å². The molecule has 8 heteroatoms. The number of aryl methyl sites for hydroxylation is 1. The highest BCUT2D eigenvalue weighted by molar-refractivity contribution is 8.01. The Kier molecular flexibility index (Phi) is 5.08. The Morgan fingerprint density at radius 2 is 1.97 bits per heavy atom. The number of hydrogen-bond acceptors (Lipinski definition) is 4. The molecule has 1 fully saturated rings. The summed E-state index contributed by atoms with van der Waals surface area (Å²) in [5.74, 6) is -1.50. The summed E-state index contributed by atoms with van der Waals surface area (Å²) in [5.41, 5.74) is 1.99. The Hall–Kier alpha value is -2.45. The topological polar surface area (TPSA) is 49.9 Å². The molecular weight excluding hydrogens is 398 g/mol. The third-order valence-electron chi connectivity index (χ3n) is 5.30. The van der Waals surface area contributed by atoms with Crippen molar-refractivity contribution in [1.82, 2.24) is 4.90 Å². The minimum absolute atomic E-state index is 0.140. The minimum Gasteiger partial charge on any atom is -0.375 e. The first-order valence-corrected chi connectivity index (χ1v) is 10.2. The molecule has 2 aromatic rings. The molecule has 1 spiro atoms. The first-order valence-electron chi connectivity index (χ1n) is 9.19. The summed E-state index contributed by atoms with van der Waals surface area (Å²) in [4.78, 5) is 28.1. The van der Waals surface area contributed by atoms with E-state index in [0.29, 0.717) is 23.5 Å². The summed E-state index contributed by atoms with van der Waals surface area (Å²) in [6.07, 6.45) is 0. The van der Waals surface area contributed by atoms with Crippen LogP contribution in [-0.2, 0) is 25.7 Å². The number of benzene rings is 2. The van der Waals surface area contributed by atoms with E-state index in [0.717, 1.165) is 5.56 Å². The molecule has 152 valence electrons. The van der Waals surface area contributed by atoms with Crippen LogP contribution in [0.15, 0.2) is 36.4 Å². The quantitative estimate of drug-likeness (QED) is 0.765. The van der Waals surface area contributed by atoms with Gasteiger partial charge < -0.3 is 14.5 Å². The van der Waals surface area contributed by atoms with Crippen LogP contribution in [-0.4, -0.2) is 42.7 Å². The molecule has 0 unspecified atom stereocenters. The molecule has 0 N–H and O–H groups in total. The molecule has 5 nitrogen and oxygen atoms in total. The first-order chi connectivity index (χ1) is 13.9. The number of halogens is 2. The maximum absolute atomic E-state index is 14.3. The average Bonchev–Trinajstić information content (AvgIpc) is 3.22. The molecule has 2 heterocycles. The van der Waals surface area contributed by atoms with Gasteiger partial charge in [0, 0.05) is 30.5 Å². The molecule has 0 aliphatic carbocycles. The van der Waals surface area contributed by atoms with E-state index >= 15 is 0 Å². The Balaban J connectivity index is 1.83. The number of ether oxygens (including phenoxy) is 1. The monoisotopic (exact) mass is 418 g/mol. The van der Waals surface area contributed by atoms with Crippen LogP contribution in [0, 0.1) is 18.6 Å². The summed E-state index contributed by atoms with van der Waals surface area (Å²) < 4.78 is 33.6. The van der Waals surface area contributed by atoms with E-state index < -0.39 is 16.5 Å². The van der Waals surface area contributed by atoms with Gasteiger partial charge in [-0.25, -0.2) is 8.78 Å². The summed E-state index contributed by atoms with van der Waals surface area (Å²) >= 11 is 1.37. The number of nitrogens with zero attached hydrogens (tertiary/aromatic N) is 2. The van der Waals surface area contributed by atoms with Crippen LogP contribution in [0.4, 0.5) is 14.5 Å². The lowest BCUT2D eigenvalue weighted by Crippen LogP contribution is -2.51. The number of thioether (sulfide) groups is 1. The molecule has 2 aromatic carbocycles. The zero-order chi connectivity index (χ0) is 20.8. The van der Waals surface area contributed by atoms with Crippen molar-refractivity contribution in [2.75, 3.05) is 30.9 Å². The molecule has 4 rings (SSSR count). The Labute approximate surface area is 171 Å². The van der Waals surface area contributed by atoms with E-state index in [1.54, 1.807) is 6.07 Å². The van der Waals surface area contributed by atoms with Crippen LogP contribution < -0.4 is 4.90 Å². The Morgan fingerprint density at radius 3 is 2.66 bits per heavy atom. The average molecular weight is 418 g/mol. The lowest BCUT2D eigenvalue weighted by Gasteiger charge is -2.33. The van der Waals surface area contributed by atoms with E-state index in [9.17, 15) is 18.4 Å². The van der Waals surface area contributed by atoms with Crippen LogP contribution in [0.1, 0.15) is 16.7 Å². The second kappa shape index (κ2) is 7.42. The number of carbonyl (C=O) groups is 2. The maximum atomic E-state index is 14.3. The highest BCUT2D eigenvalue weighted by Gasteiger charge is 2.59. The molecule has 1 saturated heterocycles. The second-order valence-corrected chi connectivity index (χ2v) is 8.37. The fraction of sp³-hybridized carbons (Fsp3) is 0.333. The molecule has 2 aliphatic heterocycles. The van der Waals surface area contributed by atoms with Crippen molar-refractivity contribution >= 4 is 29.3 Å². The fourth-order valence-corrected chi connectivity index (χ4v) is 5.46. The number of anilines is 1. The van der Waals surface area contributed by atoms with Crippen molar-refractivity contribution in [2.45, 2.75) is 18.3 Å². The number of carbonyl (C=O) groups excluding carboxylic acids is 2. The predicted octanol–water partition coefficient (Wildman–Crippen LogP) is 3.19. The molecule has 2 aliphatic rings. The van der Waals surface area contributed by atoms with Gasteiger partial charge in [0.1, 0.15) is 18.2 Å². The Bertz CT molecular complexity index is 980. The normalized spacial score (nSPS) is 20.6. The summed E-state index contributed by atoms with van der Waals surface area (Å²) in [6.45, 7) is 1.91. The van der Waals surface area contributed by atoms with Crippen molar-refractivity contribution in [2.24, 2.45) is 0 Å². The number of fused-ring (bicyclic) bond motifs is 2. The molecule has 0 saturated carbocycles. The first kappa shape index (κ1) is 19.8. The third-order valence-corrected chi connectivity index (χ3v) is 6.72. The van der Waals surface area contributed by atoms with Gasteiger partial charge in [0.05, 0.1) is 12.2 Å². The molecule has 0 aromatic heterocycles. The van der Waals surface area contributed by atoms with Crippen LogP contribution in [0.2, 0.25) is 0 Å². The molecule has 1 atom stereocenters. The third kappa shape index (κ3) is 3.02. The number of methoxy groups -OCH3 is 1. The van der Waals surface area contributed by atoms with Gasteiger partial charge in [-0.05, 0) is 25.1 Å². The van der Waals surface area contributed by atoms with Gasteiger partial charge in [0.25, 0.3) is 5.91 Å². The standard InChI is InChI=1S/C21H20F2N2O3S/c1-13-6-7-18-15(10-13)21(25(8-9-29-21)19(26)12-28-2)20(27)24(18)11-14-16(22)4-3-5-17(14)23/h3-7,10H,8-9,11-12H2,1-2H3/t21-/m1/s1. The predicted molar refractivity (Wildman–Crippen MR) is 106 cm³/mol. The van der Waals surface area contributed by atoms with Crippen molar-refractivity contribution in [3.8, 4) is 0 Å². The van der Waals surface area contributed by atoms with E-state index in [1.165, 1.54) is 46.9 Å². The zero-order valence-corrected chi connectivity index (χ0v) is 16.9. The number of amides is 2. The minimum atomic E-state index is -1.24. The Morgan fingerprint density at radius 1 is 1.24 bits per heavy atom. The highest BCUT2D eigenvalue weighted by Crippen LogP contribution is 2.54. The zero-order valence-electron chi connectivity index (χ0n) is 16.1. The van der Waals surface area contributed by atoms with Crippen LogP contribution in [0.5, 0.6) is 0 Å². The van der Waals surface area contributed by atoms with Crippen LogP contribution >= 0.6 is 11.8 Å². The van der Waals surface area contributed by atoms with Crippen LogP contribution in [0.3, 0.4) is 0 Å². The van der Waals surface area contributed by atoms with Crippen molar-refractivity contribution in [1.29, 1.82) is 0 Å². The van der Waals surface area contributed by atoms with Gasteiger partial charge in [0.15, 0.2) is 4.87 Å². The van der Waals surface area contributed by atoms with Gasteiger partial charge in [-0.1, -0.05) is 23.8 Å². The van der Waals surface area contributed by atoms with E-state index in [4.69, 9.17) is 4.74 Å². The SMILES string of the molecule is COCC(=O)N1CCS[C@]12C(=O)N(Cc1c(F)cccc1F)c1ccc(C)cc12. The largest absolute Gasteiger partial charge is 0.375 e. The second-order valence-electron chi connectivity index (χ2n) is 7.08. The lowest BCUT2D eigenvalue weighted by atomic mass is 10.0. The fourth-order valence-electron chi connectivity index (χ4n) is 3.98. The number of hydrogen-bond donors (Lipinski definition) is 0. The number of rotatable bonds is 4. The van der Waals surface area contributed by atoms with Gasteiger partial charge in [-0.3, -0.25) is 9.59 Å².